The molecule has 1 aliphatic rings. The van der Waals surface area contributed by atoms with Gasteiger partial charge in [0.1, 0.15) is 0 Å². The maximum Gasteiger partial charge on any atom is 0.317 e. The molecule has 0 amide bonds. The molecule has 4 heteroatoms. The van der Waals surface area contributed by atoms with Crippen molar-refractivity contribution in [2.24, 2.45) is 11.8 Å². The first-order valence-corrected chi connectivity index (χ1v) is 4.88. The molecule has 1 rings (SSSR count). The Morgan fingerprint density at radius 2 is 2.07 bits per heavy atom. The normalized spacial score (nSPS) is 29.1. The molecule has 1 saturated heterocycles. The van der Waals surface area contributed by atoms with Crippen LogP contribution in [-0.4, -0.2) is 25.2 Å². The van der Waals surface area contributed by atoms with E-state index in [-0.39, 0.29) is 17.9 Å². The van der Waals surface area contributed by atoms with Gasteiger partial charge in [0.2, 0.25) is 0 Å². The molecule has 0 aliphatic carbocycles. The summed E-state index contributed by atoms with van der Waals surface area (Å²) in [6, 6.07) is 0. The summed E-state index contributed by atoms with van der Waals surface area (Å²) in [5.74, 6) is -1.47. The van der Waals surface area contributed by atoms with Crippen molar-refractivity contribution in [3.05, 3.63) is 0 Å². The van der Waals surface area contributed by atoms with Gasteiger partial charge < -0.3 is 9.47 Å². The van der Waals surface area contributed by atoms with Crippen LogP contribution >= 0.6 is 0 Å². The van der Waals surface area contributed by atoms with E-state index >= 15 is 0 Å². The van der Waals surface area contributed by atoms with Crippen LogP contribution in [0.2, 0.25) is 0 Å². The first-order valence-electron chi connectivity index (χ1n) is 4.88. The molecule has 0 aromatic rings. The van der Waals surface area contributed by atoms with Gasteiger partial charge in [-0.15, -0.1) is 0 Å². The SMILES string of the molecule is CCC(CC1C(=O)OC(=O)C1C)OC. The van der Waals surface area contributed by atoms with Gasteiger partial charge in [0.25, 0.3) is 0 Å². The number of carbonyl (C=O) groups is 2. The highest BCUT2D eigenvalue weighted by Crippen LogP contribution is 2.28. The molecule has 1 fully saturated rings. The number of rotatable bonds is 4. The molecular weight excluding hydrogens is 184 g/mol. The van der Waals surface area contributed by atoms with Crippen LogP contribution in [0.25, 0.3) is 0 Å². The predicted molar refractivity (Wildman–Crippen MR) is 49.5 cm³/mol. The highest BCUT2D eigenvalue weighted by molar-refractivity contribution is 5.96. The zero-order chi connectivity index (χ0) is 10.7. The molecule has 3 unspecified atom stereocenters. The lowest BCUT2D eigenvalue weighted by molar-refractivity contribution is -0.154. The van der Waals surface area contributed by atoms with E-state index in [1.807, 2.05) is 6.92 Å². The quantitative estimate of drug-likeness (QED) is 0.504. The Labute approximate surface area is 83.6 Å². The topological polar surface area (TPSA) is 52.6 Å². The molecule has 0 spiro atoms. The second kappa shape index (κ2) is 4.55. The van der Waals surface area contributed by atoms with Crippen molar-refractivity contribution < 1.29 is 19.1 Å². The van der Waals surface area contributed by atoms with E-state index in [1.165, 1.54) is 0 Å². The summed E-state index contributed by atoms with van der Waals surface area (Å²) in [6.07, 6.45) is 1.43. The van der Waals surface area contributed by atoms with Crippen LogP contribution in [0.1, 0.15) is 26.7 Å². The average molecular weight is 200 g/mol. The van der Waals surface area contributed by atoms with E-state index in [2.05, 4.69) is 4.74 Å². The van der Waals surface area contributed by atoms with Crippen molar-refractivity contribution >= 4 is 11.9 Å². The Bertz CT molecular complexity index is 232. The summed E-state index contributed by atoms with van der Waals surface area (Å²) in [6.45, 7) is 3.71. The molecule has 0 aromatic carbocycles. The van der Waals surface area contributed by atoms with E-state index in [9.17, 15) is 9.59 Å². The summed E-state index contributed by atoms with van der Waals surface area (Å²) in [7, 11) is 1.61. The second-order valence-corrected chi connectivity index (χ2v) is 3.64. The van der Waals surface area contributed by atoms with Gasteiger partial charge >= 0.3 is 11.9 Å². The van der Waals surface area contributed by atoms with E-state index in [0.717, 1.165) is 6.42 Å². The third-order valence-electron chi connectivity index (χ3n) is 2.78. The monoisotopic (exact) mass is 200 g/mol. The van der Waals surface area contributed by atoms with Crippen molar-refractivity contribution in [2.75, 3.05) is 7.11 Å². The molecule has 1 aliphatic heterocycles. The third-order valence-corrected chi connectivity index (χ3v) is 2.78. The van der Waals surface area contributed by atoms with Crippen LogP contribution in [0.5, 0.6) is 0 Å². The predicted octanol–water partition coefficient (Wildman–Crippen LogP) is 1.14. The van der Waals surface area contributed by atoms with Gasteiger partial charge in [0, 0.05) is 7.11 Å². The van der Waals surface area contributed by atoms with Gasteiger partial charge in [-0.1, -0.05) is 13.8 Å². The summed E-state index contributed by atoms with van der Waals surface area (Å²) in [5, 5.41) is 0. The van der Waals surface area contributed by atoms with Gasteiger partial charge in [-0.25, -0.2) is 0 Å². The molecule has 4 nitrogen and oxygen atoms in total. The van der Waals surface area contributed by atoms with Gasteiger partial charge in [0.15, 0.2) is 0 Å². The number of esters is 2. The van der Waals surface area contributed by atoms with E-state index in [1.54, 1.807) is 14.0 Å². The lowest BCUT2D eigenvalue weighted by Crippen LogP contribution is -2.22. The highest BCUT2D eigenvalue weighted by Gasteiger charge is 2.41. The number of methoxy groups -OCH3 is 1. The zero-order valence-corrected chi connectivity index (χ0v) is 8.78. The minimum Gasteiger partial charge on any atom is -0.393 e. The lowest BCUT2D eigenvalue weighted by atomic mass is 9.90. The van der Waals surface area contributed by atoms with E-state index in [4.69, 9.17) is 4.74 Å². The molecule has 0 bridgehead atoms. The standard InChI is InChI=1S/C10H16O4/c1-4-7(13-3)5-8-6(2)9(11)14-10(8)12/h6-8H,4-5H2,1-3H3. The van der Waals surface area contributed by atoms with Crippen molar-refractivity contribution in [2.45, 2.75) is 32.8 Å². The van der Waals surface area contributed by atoms with Crippen molar-refractivity contribution in [1.29, 1.82) is 0 Å². The maximum atomic E-state index is 11.3. The minimum absolute atomic E-state index is 0.0286. The van der Waals surface area contributed by atoms with Crippen LogP contribution in [0.4, 0.5) is 0 Å². The van der Waals surface area contributed by atoms with Crippen LogP contribution in [0, 0.1) is 11.8 Å². The summed E-state index contributed by atoms with van der Waals surface area (Å²) < 4.78 is 9.72. The minimum atomic E-state index is -0.411. The van der Waals surface area contributed by atoms with Crippen LogP contribution in [0.3, 0.4) is 0 Å². The van der Waals surface area contributed by atoms with Crippen molar-refractivity contribution in [3.8, 4) is 0 Å². The largest absolute Gasteiger partial charge is 0.393 e. The van der Waals surface area contributed by atoms with Crippen molar-refractivity contribution in [1.82, 2.24) is 0 Å². The molecule has 1 heterocycles. The molecule has 0 N–H and O–H groups in total. The second-order valence-electron chi connectivity index (χ2n) is 3.64. The average Bonchev–Trinajstić information content (AvgIpc) is 2.40. The third kappa shape index (κ3) is 2.12. The lowest BCUT2D eigenvalue weighted by Gasteiger charge is -2.16. The number of carbonyl (C=O) groups excluding carboxylic acids is 2. The van der Waals surface area contributed by atoms with Crippen LogP contribution < -0.4 is 0 Å². The fourth-order valence-electron chi connectivity index (χ4n) is 1.65. The number of cyclic esters (lactones) is 2. The Kier molecular flexibility index (Phi) is 3.63. The number of hydrogen-bond acceptors (Lipinski definition) is 4. The van der Waals surface area contributed by atoms with Crippen LogP contribution in [-0.2, 0) is 19.1 Å². The summed E-state index contributed by atoms with van der Waals surface area (Å²) in [5.41, 5.74) is 0. The van der Waals surface area contributed by atoms with Crippen molar-refractivity contribution in [3.63, 3.8) is 0 Å². The maximum absolute atomic E-state index is 11.3. The van der Waals surface area contributed by atoms with Crippen LogP contribution in [0.15, 0.2) is 0 Å². The molecule has 14 heavy (non-hydrogen) atoms. The highest BCUT2D eigenvalue weighted by atomic mass is 16.6. The molecule has 0 saturated carbocycles. The van der Waals surface area contributed by atoms with E-state index < -0.39 is 11.9 Å². The molecular formula is C10H16O4. The van der Waals surface area contributed by atoms with Gasteiger partial charge in [-0.2, -0.15) is 0 Å². The fourth-order valence-corrected chi connectivity index (χ4v) is 1.65. The van der Waals surface area contributed by atoms with Gasteiger partial charge in [0.05, 0.1) is 17.9 Å². The first kappa shape index (κ1) is 11.2. The van der Waals surface area contributed by atoms with Gasteiger partial charge in [-0.05, 0) is 12.8 Å². The Morgan fingerprint density at radius 1 is 1.43 bits per heavy atom. The van der Waals surface area contributed by atoms with E-state index in [0.29, 0.717) is 6.42 Å². The molecule has 0 aromatic heterocycles. The Balaban J connectivity index is 2.59. The zero-order valence-electron chi connectivity index (χ0n) is 8.78. The molecule has 80 valence electrons. The van der Waals surface area contributed by atoms with Gasteiger partial charge in [-0.3, -0.25) is 9.59 Å². The Hall–Kier alpha value is -0.900. The summed E-state index contributed by atoms with van der Waals surface area (Å²) in [4.78, 5) is 22.3. The fraction of sp³-hybridized carbons (Fsp3) is 0.800. The molecule has 3 atom stereocenters. The smallest absolute Gasteiger partial charge is 0.317 e. The number of ether oxygens (including phenoxy) is 2. The summed E-state index contributed by atoms with van der Waals surface area (Å²) >= 11 is 0. The first-order chi connectivity index (χ1) is 6.60. The number of hydrogen-bond donors (Lipinski definition) is 0. The molecule has 0 radical (unpaired) electrons. The Morgan fingerprint density at radius 3 is 2.43 bits per heavy atom.